The van der Waals surface area contributed by atoms with Gasteiger partial charge in [-0.15, -0.1) is 0 Å². The van der Waals surface area contributed by atoms with Crippen LogP contribution >= 0.6 is 0 Å². The predicted octanol–water partition coefficient (Wildman–Crippen LogP) is 16.4. The Hall–Kier alpha value is -5.96. The second kappa shape index (κ2) is 70.2. The summed E-state index contributed by atoms with van der Waals surface area (Å²) in [5.74, 6) is -11.9. The van der Waals surface area contributed by atoms with E-state index in [1.165, 1.54) is 34.6 Å². The first-order chi connectivity index (χ1) is 60.0. The molecule has 0 aliphatic carbocycles. The minimum atomic E-state index is -2.67. The molecule has 0 radical (unpaired) electrons. The Bertz CT molecular complexity index is 3500. The Morgan fingerprint density at radius 1 is 0.364 bits per heavy atom. The van der Waals surface area contributed by atoms with Crippen molar-refractivity contribution in [3.05, 3.63) is 0 Å². The van der Waals surface area contributed by atoms with Crippen molar-refractivity contribution in [2.45, 2.75) is 388 Å². The first kappa shape index (κ1) is 98.8. The molecule has 2 fully saturated rings. The molecule has 5 amide bonds. The lowest BCUT2D eigenvalue weighted by Crippen LogP contribution is -2.35. The van der Waals surface area contributed by atoms with Crippen molar-refractivity contribution in [2.75, 3.05) is 59.2 Å². The second-order valence-corrected chi connectivity index (χ2v) is 35.9. The lowest BCUT2D eigenvalue weighted by Gasteiger charge is -2.23. The molecule has 0 aromatic heterocycles. The number of nitrogens with one attached hydrogen (secondary N) is 5. The van der Waals surface area contributed by atoms with E-state index >= 15 is 0 Å². The van der Waals surface area contributed by atoms with Gasteiger partial charge >= 0.3 is 23.9 Å². The molecule has 2 rings (SSSR count). The maximum Gasteiger partial charge on any atom is 0.338 e. The van der Waals surface area contributed by atoms with Crippen LogP contribution in [0.5, 0.6) is 0 Å². The fraction of sp³-hybridized carbons (Fsp3) is 0.874. The lowest BCUT2D eigenvalue weighted by atomic mass is 9.90. The molecule has 4 unspecified atom stereocenters. The number of ether oxygens (including phenoxy) is 6. The van der Waals surface area contributed by atoms with Gasteiger partial charge in [0.1, 0.15) is 29.0 Å². The number of ketones is 3. The summed E-state index contributed by atoms with van der Waals surface area (Å²) in [5, 5.41) is 40.7. The molecule has 26 heteroatoms. The van der Waals surface area contributed by atoms with E-state index in [-0.39, 0.29) is 190 Å². The zero-order valence-electron chi connectivity index (χ0n) is 92.6. The van der Waals surface area contributed by atoms with Gasteiger partial charge in [-0.05, 0) is 205 Å². The summed E-state index contributed by atoms with van der Waals surface area (Å²) < 4.78 is 149. The van der Waals surface area contributed by atoms with Crippen LogP contribution in [0.2, 0.25) is 0 Å². The van der Waals surface area contributed by atoms with E-state index < -0.39 is 153 Å². The number of epoxide rings is 2. The molecular weight excluding hydrogens is 1550 g/mol. The highest BCUT2D eigenvalue weighted by Crippen LogP contribution is 2.31. The number of Topliss-reactive ketones (excluding diaryl/α,β-unsaturated/α-hetero) is 3. The molecule has 0 spiro atoms. The van der Waals surface area contributed by atoms with Crippen molar-refractivity contribution >= 4 is 70.8 Å². The number of amides is 5. The van der Waals surface area contributed by atoms with Crippen LogP contribution in [0.15, 0.2) is 0 Å². The summed E-state index contributed by atoms with van der Waals surface area (Å²) in [4.78, 5) is 145. The average Bonchev–Trinajstić information content (AvgIpc) is 1.63. The third-order valence-electron chi connectivity index (χ3n) is 17.2. The van der Waals surface area contributed by atoms with Crippen molar-refractivity contribution < 1.29 is 123 Å². The van der Waals surface area contributed by atoms with Crippen LogP contribution in [-0.2, 0) is 86.0 Å². The number of hydrogen-bond donors (Lipinski definition) is 8. The summed E-state index contributed by atoms with van der Waals surface area (Å²) in [5.41, 5.74) is -1.94. The van der Waals surface area contributed by atoms with Crippen LogP contribution in [-0.4, -0.2) is 186 Å². The smallest absolute Gasteiger partial charge is 0.338 e. The fourth-order valence-electron chi connectivity index (χ4n) is 11.0. The van der Waals surface area contributed by atoms with Gasteiger partial charge in [-0.1, -0.05) is 174 Å². The largest absolute Gasteiger partial charge is 0.464 e. The van der Waals surface area contributed by atoms with Gasteiger partial charge in [0.25, 0.3) is 0 Å². The molecule has 2 heterocycles. The fourth-order valence-corrected chi connectivity index (χ4v) is 11.0. The van der Waals surface area contributed by atoms with Crippen LogP contribution < -0.4 is 26.6 Å². The molecule has 8 N–H and O–H groups in total. The summed E-state index contributed by atoms with van der Waals surface area (Å²) in [6, 6.07) is 0. The first-order valence-corrected chi connectivity index (χ1v) is 42.0. The Balaban J connectivity index is -0.000000246. The van der Waals surface area contributed by atoms with Gasteiger partial charge < -0.3 is 70.3 Å². The van der Waals surface area contributed by atoms with E-state index in [4.69, 9.17) is 65.7 Å². The topological polar surface area (TPSA) is 388 Å². The molecule has 2 saturated heterocycles. The molecule has 0 aromatic carbocycles. The van der Waals surface area contributed by atoms with Crippen molar-refractivity contribution in [2.24, 2.45) is 94.6 Å². The Kier molecular flexibility index (Phi) is 57.4. The number of aliphatic hydroxyl groups is 3. The number of hydrogen-bond acceptors (Lipinski definition) is 21. The lowest BCUT2D eigenvalue weighted by molar-refractivity contribution is -0.158. The summed E-state index contributed by atoms with van der Waals surface area (Å²) in [7, 11) is 0. The molecule has 121 heavy (non-hydrogen) atoms. The van der Waals surface area contributed by atoms with E-state index in [1.807, 2.05) is 96.9 Å². The van der Waals surface area contributed by atoms with E-state index in [2.05, 4.69) is 26.6 Å². The van der Waals surface area contributed by atoms with Gasteiger partial charge in [0.15, 0.2) is 29.6 Å². The molecule has 718 valence electrons. The van der Waals surface area contributed by atoms with E-state index in [0.29, 0.717) is 76.4 Å². The zero-order valence-corrected chi connectivity index (χ0v) is 76.6. The number of carbonyl (C=O) groups is 12. The Morgan fingerprint density at radius 3 is 0.826 bits per heavy atom. The highest BCUT2D eigenvalue weighted by molar-refractivity contribution is 5.98. The second-order valence-electron chi connectivity index (χ2n) is 35.9. The van der Waals surface area contributed by atoms with Crippen LogP contribution in [0.25, 0.3) is 0 Å². The standard InChI is InChI=1S/C18H31NO6.C17H29NO5.C17H33NO4.2C17H33NO3.C5H12.4CH4/c1-5-24-18(23)16-15(25-16)14(21)9-13(8-11(2)3)17(22)19-7-6-12(4)10-20;1-10(2)7-13(17(22)18-6-5-11(3)9-19)8-14(21)16-15(23-16)12(4)20;1-12(2)9-14(10-15(20)22-17(4,5)6)16(21)18-8-7-13(3)11-19;2*1-12(2)8-9-18-16(20)14(10-13(3)4)11-15(19)21-17(5,6)7;1-4-5(2)3;;;;/h11-13,15-16,20H,5-10H2,1-4H3,(H,19,22);10-11,13,15-16,19H,5-9H2,1-4H3,(H,18,22);12-14,19H,7-11H2,1-6H3,(H,18,21);2*12-14H,8-11H2,1-7H3,(H,18,20);5H,4H2,1-3H3;4*1H4/t12-,13-,15-,16+;11-,13-,15-,16-;13-,14-;2*14-;;;;;/m11111...../s1/i;;;1D3,3D3,12D,13D;1D3,12D;2D3,5D;;;;/t;;;12?,13?,14-;12?,14-;;;;;. The molecule has 0 saturated carbocycles. The SMILES string of the molecule is C.C.C.C.CC(=O)[C@H]1O[C@@H]1C(=O)C[C@@H](CC(C)C)C(=O)NCC[C@@H](C)CO.CC(C)C[C@H](CC(=O)OC(C)(C)C)C(=O)NCC[C@@H](C)CO.CCOC(=O)[C@H]1O[C@@H]1C(=O)C[C@@H](CC(C)C)C(=O)NCC[C@@H](C)CO.[2H]C([2H])([2H])C([2H])(C)CC.[2H]C([2H])([2H])C([2H])(C)CCNC(=O)[C@@H](CC(=O)OC(C)(C)C)CC(C)C.[2H]C([2H])([2H])C([2H])(C)CCNC(=O)[C@@H](CC(=O)OC(C)(C)C)CC([2H])(C)C([2H])([2H])[2H]. The zero-order chi connectivity index (χ0) is 105. The highest BCUT2D eigenvalue weighted by atomic mass is 16.6. The quantitative estimate of drug-likeness (QED) is 0.0159. The summed E-state index contributed by atoms with van der Waals surface area (Å²) in [6.07, 6.45) is 1.26. The molecule has 2 aliphatic rings. The highest BCUT2D eigenvalue weighted by Gasteiger charge is 2.52. The van der Waals surface area contributed by atoms with Crippen molar-refractivity contribution in [3.63, 3.8) is 0 Å². The predicted molar refractivity (Wildman–Crippen MR) is 489 cm³/mol. The Morgan fingerprint density at radius 2 is 0.612 bits per heavy atom. The molecule has 2 aliphatic heterocycles. The Labute approximate surface area is 759 Å². The molecule has 26 nitrogen and oxygen atoms in total. The third kappa shape index (κ3) is 75.1. The number of aliphatic hydroxyl groups excluding tert-OH is 3. The number of esters is 4. The third-order valence-corrected chi connectivity index (χ3v) is 17.2. The normalized spacial score (nSPS) is 20.7. The van der Waals surface area contributed by atoms with Gasteiger partial charge in [0.05, 0.1) is 25.9 Å². The van der Waals surface area contributed by atoms with E-state index in [9.17, 15) is 57.5 Å². The van der Waals surface area contributed by atoms with Crippen LogP contribution in [0.1, 0.15) is 369 Å². The maximum absolute atomic E-state index is 12.6. The van der Waals surface area contributed by atoms with Crippen LogP contribution in [0, 0.1) is 94.6 Å². The number of rotatable bonds is 49. The van der Waals surface area contributed by atoms with Gasteiger partial charge in [0.2, 0.25) is 29.5 Å². The van der Waals surface area contributed by atoms with E-state index in [1.54, 1.807) is 55.4 Å². The van der Waals surface area contributed by atoms with Gasteiger partial charge in [0, 0.05) is 117 Å². The molecule has 0 aromatic rings. The van der Waals surface area contributed by atoms with Crippen LogP contribution in [0.4, 0.5) is 0 Å². The summed E-state index contributed by atoms with van der Waals surface area (Å²) >= 11 is 0. The maximum atomic E-state index is 12.6. The molecule has 16 atom stereocenters. The summed E-state index contributed by atoms with van der Waals surface area (Å²) in [6.45, 7) is 39.6. The monoisotopic (exact) mass is 1750 g/mol. The van der Waals surface area contributed by atoms with Crippen molar-refractivity contribution in [1.82, 2.24) is 26.6 Å². The average molecular weight is 1750 g/mol. The van der Waals surface area contributed by atoms with Crippen molar-refractivity contribution in [1.29, 1.82) is 0 Å². The minimum absolute atomic E-state index is 0. The van der Waals surface area contributed by atoms with E-state index in [0.717, 1.165) is 6.42 Å². The molecule has 0 bridgehead atoms. The first-order valence-electron chi connectivity index (χ1n) is 50.0. The number of carbonyl (C=O) groups excluding carboxylic acids is 12. The van der Waals surface area contributed by atoms with Gasteiger partial charge in [-0.3, -0.25) is 52.7 Å². The minimum Gasteiger partial charge on any atom is -0.464 e. The van der Waals surface area contributed by atoms with Crippen molar-refractivity contribution in [3.8, 4) is 0 Å². The molecular formula is C95H187N5O21. The van der Waals surface area contributed by atoms with Gasteiger partial charge in [-0.25, -0.2) is 4.79 Å². The van der Waals surface area contributed by atoms with Crippen LogP contribution in [0.3, 0.4) is 0 Å². The van der Waals surface area contributed by atoms with Gasteiger partial charge in [-0.2, -0.15) is 0 Å².